The van der Waals surface area contributed by atoms with Gasteiger partial charge in [-0.1, -0.05) is 24.3 Å². The molecule has 2 heterocycles. The summed E-state index contributed by atoms with van der Waals surface area (Å²) in [6, 6.07) is 12.1. The Kier molecular flexibility index (Phi) is 6.91. The van der Waals surface area contributed by atoms with E-state index in [1.165, 1.54) is 28.6 Å². The molecule has 0 fully saturated rings. The van der Waals surface area contributed by atoms with Crippen LogP contribution in [0.3, 0.4) is 0 Å². The van der Waals surface area contributed by atoms with Gasteiger partial charge < -0.3 is 10.1 Å². The normalized spacial score (nSPS) is 11.5. The molecule has 1 amide bonds. The maximum Gasteiger partial charge on any atom is 0.267 e. The molecule has 0 atom stereocenters. The van der Waals surface area contributed by atoms with Crippen molar-refractivity contribution in [3.05, 3.63) is 71.7 Å². The molecule has 1 aromatic carbocycles. The zero-order valence-corrected chi connectivity index (χ0v) is 15.5. The Balaban J connectivity index is 1.62. The summed E-state index contributed by atoms with van der Waals surface area (Å²) in [6.07, 6.45) is 7.32. The Hall–Kier alpha value is -3.00. The van der Waals surface area contributed by atoms with Crippen LogP contribution in [0.25, 0.3) is 17.0 Å². The second-order valence-electron chi connectivity index (χ2n) is 6.51. The molecule has 7 heteroatoms. The lowest BCUT2D eigenvalue weighted by Crippen LogP contribution is -2.28. The first-order chi connectivity index (χ1) is 13.7. The van der Waals surface area contributed by atoms with Gasteiger partial charge in [-0.15, -0.1) is 0 Å². The van der Waals surface area contributed by atoms with Crippen molar-refractivity contribution in [1.29, 1.82) is 0 Å². The number of fused-ring (bicyclic) bond motifs is 1. The fraction of sp³-hybridized carbons (Fsp3) is 0.238. The minimum atomic E-state index is -0.600. The van der Waals surface area contributed by atoms with E-state index in [9.17, 15) is 9.90 Å². The highest BCUT2D eigenvalue weighted by atomic mass is 16.5. The third-order valence-corrected chi connectivity index (χ3v) is 4.56. The van der Waals surface area contributed by atoms with Crippen molar-refractivity contribution in [2.24, 2.45) is 0 Å². The third kappa shape index (κ3) is 5.26. The Bertz CT molecular complexity index is 934. The lowest BCUT2D eigenvalue weighted by Gasteiger charge is -2.21. The van der Waals surface area contributed by atoms with E-state index in [1.54, 1.807) is 6.20 Å². The van der Waals surface area contributed by atoms with E-state index in [4.69, 9.17) is 5.21 Å². The number of carbonyl (C=O) groups excluding carboxylic acids is 1. The van der Waals surface area contributed by atoms with Gasteiger partial charge in [0.05, 0.1) is 12.3 Å². The van der Waals surface area contributed by atoms with Gasteiger partial charge in [-0.05, 0) is 41.1 Å². The van der Waals surface area contributed by atoms with Gasteiger partial charge in [0, 0.05) is 43.6 Å². The van der Waals surface area contributed by atoms with E-state index in [-0.39, 0.29) is 6.61 Å². The number of aliphatic hydroxyl groups is 1. The molecule has 0 bridgehead atoms. The number of amides is 1. The van der Waals surface area contributed by atoms with Gasteiger partial charge in [0.25, 0.3) is 5.91 Å². The number of pyridine rings is 1. The Labute approximate surface area is 163 Å². The molecule has 146 valence electrons. The zero-order chi connectivity index (χ0) is 19.8. The molecule has 0 spiro atoms. The molecular formula is C21H24N4O3. The number of aromatic nitrogens is 2. The van der Waals surface area contributed by atoms with Crippen LogP contribution >= 0.6 is 0 Å². The number of rotatable bonds is 9. The van der Waals surface area contributed by atoms with Gasteiger partial charge in [0.1, 0.15) is 0 Å². The van der Waals surface area contributed by atoms with Crippen LogP contribution in [-0.2, 0) is 17.8 Å². The van der Waals surface area contributed by atoms with Crippen molar-refractivity contribution < 1.29 is 15.1 Å². The number of aromatic amines is 1. The molecule has 3 rings (SSSR count). The van der Waals surface area contributed by atoms with Crippen LogP contribution in [0, 0.1) is 0 Å². The molecule has 28 heavy (non-hydrogen) atoms. The summed E-state index contributed by atoms with van der Waals surface area (Å²) in [5, 5.41) is 19.1. The quantitative estimate of drug-likeness (QED) is 0.259. The number of carbonyl (C=O) groups is 1. The van der Waals surface area contributed by atoms with Crippen LogP contribution < -0.4 is 5.48 Å². The Morgan fingerprint density at radius 3 is 2.86 bits per heavy atom. The summed E-state index contributed by atoms with van der Waals surface area (Å²) in [4.78, 5) is 20.8. The summed E-state index contributed by atoms with van der Waals surface area (Å²) in [6.45, 7) is 2.17. The summed E-state index contributed by atoms with van der Waals surface area (Å²) >= 11 is 0. The van der Waals surface area contributed by atoms with Gasteiger partial charge in [0.2, 0.25) is 0 Å². The largest absolute Gasteiger partial charge is 0.395 e. The highest BCUT2D eigenvalue weighted by molar-refractivity contribution is 5.90. The van der Waals surface area contributed by atoms with E-state index in [1.807, 2.05) is 18.3 Å². The highest BCUT2D eigenvalue weighted by Crippen LogP contribution is 2.18. The number of nitrogens with one attached hydrogen (secondary N) is 2. The number of nitrogens with zero attached hydrogens (tertiary/aromatic N) is 2. The minimum absolute atomic E-state index is 0.0945. The summed E-state index contributed by atoms with van der Waals surface area (Å²) in [5.41, 5.74) is 5.60. The first kappa shape index (κ1) is 19.8. The molecule has 4 N–H and O–H groups in total. The first-order valence-electron chi connectivity index (χ1n) is 9.15. The maximum atomic E-state index is 11.0. The fourth-order valence-electron chi connectivity index (χ4n) is 3.13. The zero-order valence-electron chi connectivity index (χ0n) is 15.5. The number of benzene rings is 1. The molecule has 0 aliphatic heterocycles. The van der Waals surface area contributed by atoms with Crippen LogP contribution in [0.4, 0.5) is 0 Å². The molecule has 0 aliphatic rings. The molecule has 2 aromatic heterocycles. The third-order valence-electron chi connectivity index (χ3n) is 4.56. The average Bonchev–Trinajstić information content (AvgIpc) is 3.21. The predicted molar refractivity (Wildman–Crippen MR) is 108 cm³/mol. The van der Waals surface area contributed by atoms with Gasteiger partial charge in [-0.25, -0.2) is 5.48 Å². The second-order valence-corrected chi connectivity index (χ2v) is 6.51. The molecular weight excluding hydrogens is 356 g/mol. The summed E-state index contributed by atoms with van der Waals surface area (Å²) < 4.78 is 0. The Morgan fingerprint density at radius 1 is 1.21 bits per heavy atom. The smallest absolute Gasteiger partial charge is 0.267 e. The van der Waals surface area contributed by atoms with Crippen LogP contribution in [0.1, 0.15) is 16.8 Å². The molecule has 0 saturated carbocycles. The Morgan fingerprint density at radius 2 is 2.11 bits per heavy atom. The van der Waals surface area contributed by atoms with Gasteiger partial charge in [0.15, 0.2) is 0 Å². The maximum absolute atomic E-state index is 11.0. The molecule has 7 nitrogen and oxygen atoms in total. The molecule has 3 aromatic rings. The van der Waals surface area contributed by atoms with E-state index in [0.717, 1.165) is 24.0 Å². The summed E-state index contributed by atoms with van der Waals surface area (Å²) in [5.74, 6) is -0.600. The van der Waals surface area contributed by atoms with Crippen molar-refractivity contribution in [1.82, 2.24) is 20.3 Å². The van der Waals surface area contributed by atoms with Gasteiger partial charge >= 0.3 is 0 Å². The average molecular weight is 380 g/mol. The number of hydrogen-bond acceptors (Lipinski definition) is 5. The number of hydroxylamine groups is 1. The van der Waals surface area contributed by atoms with Crippen molar-refractivity contribution in [2.75, 3.05) is 19.7 Å². The van der Waals surface area contributed by atoms with Gasteiger partial charge in [-0.3, -0.25) is 19.9 Å². The SMILES string of the molecule is O=C(/C=C/c1ccc(CN(CCO)CCc2cccc3cc[nH]c23)cn1)NO. The number of aliphatic hydroxyl groups excluding tert-OH is 1. The van der Waals surface area contributed by atoms with Crippen LogP contribution in [-0.4, -0.2) is 50.8 Å². The fourth-order valence-corrected chi connectivity index (χ4v) is 3.13. The second kappa shape index (κ2) is 9.80. The topological polar surface area (TPSA) is 101 Å². The van der Waals surface area contributed by atoms with Crippen LogP contribution in [0.15, 0.2) is 54.9 Å². The molecule has 0 unspecified atom stereocenters. The lowest BCUT2D eigenvalue weighted by molar-refractivity contribution is -0.124. The number of H-pyrrole nitrogens is 1. The molecule has 0 radical (unpaired) electrons. The molecule has 0 saturated heterocycles. The van der Waals surface area contributed by atoms with E-state index in [0.29, 0.717) is 18.8 Å². The van der Waals surface area contributed by atoms with Crippen molar-refractivity contribution in [2.45, 2.75) is 13.0 Å². The number of para-hydroxylation sites is 1. The van der Waals surface area contributed by atoms with Crippen molar-refractivity contribution in [3.63, 3.8) is 0 Å². The monoisotopic (exact) mass is 380 g/mol. The van der Waals surface area contributed by atoms with Crippen LogP contribution in [0.2, 0.25) is 0 Å². The molecule has 0 aliphatic carbocycles. The first-order valence-corrected chi connectivity index (χ1v) is 9.15. The minimum Gasteiger partial charge on any atom is -0.395 e. The van der Waals surface area contributed by atoms with E-state index >= 15 is 0 Å². The van der Waals surface area contributed by atoms with Crippen molar-refractivity contribution in [3.8, 4) is 0 Å². The predicted octanol–water partition coefficient (Wildman–Crippen LogP) is 2.12. The van der Waals surface area contributed by atoms with Gasteiger partial charge in [-0.2, -0.15) is 0 Å². The van der Waals surface area contributed by atoms with Crippen LogP contribution in [0.5, 0.6) is 0 Å². The van der Waals surface area contributed by atoms with Crippen molar-refractivity contribution >= 4 is 22.9 Å². The highest BCUT2D eigenvalue weighted by Gasteiger charge is 2.09. The standard InChI is InChI=1S/C21H24N4O3/c26-13-12-25(11-9-18-3-1-2-17-8-10-22-21(17)18)15-16-4-5-19(23-14-16)6-7-20(27)24-28/h1-8,10,14,22,26,28H,9,11-13,15H2,(H,24,27)/b7-6+. The van der Waals surface area contributed by atoms with E-state index < -0.39 is 5.91 Å². The van der Waals surface area contributed by atoms with E-state index in [2.05, 4.69) is 39.1 Å². The lowest BCUT2D eigenvalue weighted by atomic mass is 10.1. The summed E-state index contributed by atoms with van der Waals surface area (Å²) in [7, 11) is 0. The number of hydrogen-bond donors (Lipinski definition) is 4.